The Labute approximate surface area is 152 Å². The van der Waals surface area contributed by atoms with Gasteiger partial charge in [0, 0.05) is 12.3 Å². The Morgan fingerprint density at radius 3 is 2.76 bits per heavy atom. The minimum Gasteiger partial charge on any atom is -0.482 e. The van der Waals surface area contributed by atoms with Crippen LogP contribution in [-0.2, 0) is 14.3 Å². The maximum Gasteiger partial charge on any atom is 0.344 e. The summed E-state index contributed by atoms with van der Waals surface area (Å²) in [7, 11) is 0. The van der Waals surface area contributed by atoms with Gasteiger partial charge in [0.15, 0.2) is 18.5 Å². The summed E-state index contributed by atoms with van der Waals surface area (Å²) in [5.74, 6) is -1.65. The first-order chi connectivity index (χ1) is 11.8. The van der Waals surface area contributed by atoms with E-state index in [4.69, 9.17) is 32.7 Å². The number of aromatic nitrogens is 1. The average Bonchev–Trinajstić information content (AvgIpc) is 2.55. The van der Waals surface area contributed by atoms with Crippen LogP contribution >= 0.6 is 23.2 Å². The first-order valence-electron chi connectivity index (χ1n) is 7.05. The number of carbonyl (C=O) groups excluding carboxylic acids is 2. The first kappa shape index (κ1) is 19.0. The minimum absolute atomic E-state index is 0.0926. The molecule has 0 aliphatic heterocycles. The molecule has 0 bridgehead atoms. The lowest BCUT2D eigenvalue weighted by Crippen LogP contribution is -2.32. The molecule has 1 heterocycles. The van der Waals surface area contributed by atoms with Crippen molar-refractivity contribution in [2.75, 3.05) is 11.9 Å². The number of nitrogens with one attached hydrogen (secondary N) is 1. The number of hydrogen-bond acceptors (Lipinski definition) is 5. The number of hydrogen-bond donors (Lipinski definition) is 1. The monoisotopic (exact) mass is 386 g/mol. The normalized spacial score (nSPS) is 11.5. The first-order valence-corrected chi connectivity index (χ1v) is 7.80. The van der Waals surface area contributed by atoms with E-state index in [1.54, 1.807) is 0 Å². The van der Waals surface area contributed by atoms with Gasteiger partial charge in [-0.2, -0.15) is 0 Å². The topological polar surface area (TPSA) is 77.5 Å². The molecule has 1 atom stereocenters. The molecule has 0 fully saturated rings. The number of amides is 1. The second-order valence-electron chi connectivity index (χ2n) is 4.85. The van der Waals surface area contributed by atoms with Crippen molar-refractivity contribution in [1.82, 2.24) is 4.98 Å². The molecular weight excluding hydrogens is 374 g/mol. The van der Waals surface area contributed by atoms with Gasteiger partial charge in [-0.3, -0.25) is 4.79 Å². The molecule has 1 amide bonds. The summed E-state index contributed by atoms with van der Waals surface area (Å²) >= 11 is 11.6. The maximum absolute atomic E-state index is 13.0. The van der Waals surface area contributed by atoms with E-state index >= 15 is 0 Å². The van der Waals surface area contributed by atoms with Crippen LogP contribution in [0.1, 0.15) is 6.92 Å². The van der Waals surface area contributed by atoms with Crippen LogP contribution < -0.4 is 10.1 Å². The van der Waals surface area contributed by atoms with E-state index in [9.17, 15) is 14.0 Å². The molecular formula is C16H13Cl2FN2O4. The second kappa shape index (κ2) is 8.64. The van der Waals surface area contributed by atoms with Crippen molar-refractivity contribution in [3.63, 3.8) is 0 Å². The van der Waals surface area contributed by atoms with Gasteiger partial charge < -0.3 is 14.8 Å². The molecule has 0 saturated carbocycles. The molecule has 1 aromatic heterocycles. The van der Waals surface area contributed by atoms with E-state index in [1.165, 1.54) is 37.4 Å². The predicted molar refractivity (Wildman–Crippen MR) is 90.3 cm³/mol. The van der Waals surface area contributed by atoms with Crippen LogP contribution in [0.3, 0.4) is 0 Å². The Hall–Kier alpha value is -2.38. The Kier molecular flexibility index (Phi) is 6.55. The van der Waals surface area contributed by atoms with Gasteiger partial charge in [-0.1, -0.05) is 29.3 Å². The fraction of sp³-hybridized carbons (Fsp3) is 0.188. The number of halogens is 3. The highest BCUT2D eigenvalue weighted by Gasteiger charge is 2.19. The van der Waals surface area contributed by atoms with Gasteiger partial charge in [0.25, 0.3) is 5.91 Å². The van der Waals surface area contributed by atoms with Crippen molar-refractivity contribution >= 4 is 40.9 Å². The van der Waals surface area contributed by atoms with E-state index < -0.39 is 30.4 Å². The Balaban J connectivity index is 1.84. The standard InChI is InChI=1S/C16H13Cl2FN2O4/c1-9(16(23)21-15-13(18)5-10(17)7-20-15)25-14(22)8-24-12-4-2-3-11(19)6-12/h2-7,9H,8H2,1H3,(H,20,21,23)/t9-/m0/s1. The molecule has 0 saturated heterocycles. The summed E-state index contributed by atoms with van der Waals surface area (Å²) in [6.45, 7) is 0.903. The zero-order valence-corrected chi connectivity index (χ0v) is 14.5. The van der Waals surface area contributed by atoms with Crippen LogP contribution in [0.15, 0.2) is 36.5 Å². The average molecular weight is 387 g/mol. The Morgan fingerprint density at radius 2 is 2.08 bits per heavy atom. The second-order valence-corrected chi connectivity index (χ2v) is 5.69. The van der Waals surface area contributed by atoms with Gasteiger partial charge in [0.05, 0.1) is 10.0 Å². The minimum atomic E-state index is -1.11. The third kappa shape index (κ3) is 5.88. The highest BCUT2D eigenvalue weighted by Crippen LogP contribution is 2.22. The molecule has 1 N–H and O–H groups in total. The molecule has 0 spiro atoms. The molecule has 1 aromatic carbocycles. The van der Waals surface area contributed by atoms with E-state index in [0.29, 0.717) is 5.02 Å². The molecule has 9 heteroatoms. The fourth-order valence-corrected chi connectivity index (χ4v) is 2.14. The molecule has 0 aliphatic rings. The van der Waals surface area contributed by atoms with Crippen molar-refractivity contribution in [3.8, 4) is 5.75 Å². The highest BCUT2D eigenvalue weighted by atomic mass is 35.5. The molecule has 0 unspecified atom stereocenters. The zero-order chi connectivity index (χ0) is 18.4. The van der Waals surface area contributed by atoms with Gasteiger partial charge in [-0.15, -0.1) is 0 Å². The molecule has 25 heavy (non-hydrogen) atoms. The smallest absolute Gasteiger partial charge is 0.344 e. The van der Waals surface area contributed by atoms with E-state index in [-0.39, 0.29) is 16.6 Å². The lowest BCUT2D eigenvalue weighted by Gasteiger charge is -2.14. The SMILES string of the molecule is C[C@H](OC(=O)COc1cccc(F)c1)C(=O)Nc1ncc(Cl)cc1Cl. The molecule has 0 aliphatic carbocycles. The maximum atomic E-state index is 13.0. The quantitative estimate of drug-likeness (QED) is 0.768. The lowest BCUT2D eigenvalue weighted by atomic mass is 10.3. The number of nitrogens with zero attached hydrogens (tertiary/aromatic N) is 1. The van der Waals surface area contributed by atoms with Crippen molar-refractivity contribution in [3.05, 3.63) is 52.4 Å². The molecule has 2 aromatic rings. The Morgan fingerprint density at radius 1 is 1.32 bits per heavy atom. The van der Waals surface area contributed by atoms with Crippen molar-refractivity contribution in [2.24, 2.45) is 0 Å². The summed E-state index contributed by atoms with van der Waals surface area (Å²) in [6.07, 6.45) is 0.198. The van der Waals surface area contributed by atoms with Crippen LogP contribution in [0, 0.1) is 5.82 Å². The summed E-state index contributed by atoms with van der Waals surface area (Å²) in [5, 5.41) is 2.88. The van der Waals surface area contributed by atoms with Gasteiger partial charge in [0.1, 0.15) is 11.6 Å². The highest BCUT2D eigenvalue weighted by molar-refractivity contribution is 6.36. The largest absolute Gasteiger partial charge is 0.482 e. The summed E-state index contributed by atoms with van der Waals surface area (Å²) in [5.41, 5.74) is 0. The van der Waals surface area contributed by atoms with E-state index in [2.05, 4.69) is 10.3 Å². The van der Waals surface area contributed by atoms with Crippen LogP contribution in [0.25, 0.3) is 0 Å². The molecule has 0 radical (unpaired) electrons. The summed E-state index contributed by atoms with van der Waals surface area (Å²) < 4.78 is 23.0. The number of pyridine rings is 1. The van der Waals surface area contributed by atoms with Crippen LogP contribution in [0.2, 0.25) is 10.0 Å². The van der Waals surface area contributed by atoms with E-state index in [0.717, 1.165) is 6.07 Å². The Bertz CT molecular complexity index is 788. The lowest BCUT2D eigenvalue weighted by molar-refractivity contribution is -0.155. The number of anilines is 1. The molecule has 2 rings (SSSR count). The van der Waals surface area contributed by atoms with Crippen molar-refractivity contribution in [2.45, 2.75) is 13.0 Å². The van der Waals surface area contributed by atoms with Crippen molar-refractivity contribution < 1.29 is 23.5 Å². The number of rotatable bonds is 6. The third-order valence-corrected chi connectivity index (χ3v) is 3.37. The zero-order valence-electron chi connectivity index (χ0n) is 13.0. The van der Waals surface area contributed by atoms with Crippen molar-refractivity contribution in [1.29, 1.82) is 0 Å². The van der Waals surface area contributed by atoms with Crippen LogP contribution in [0.4, 0.5) is 10.2 Å². The number of esters is 1. The molecule has 132 valence electrons. The van der Waals surface area contributed by atoms with Gasteiger partial charge in [0.2, 0.25) is 0 Å². The van der Waals surface area contributed by atoms with Gasteiger partial charge in [-0.05, 0) is 25.1 Å². The van der Waals surface area contributed by atoms with Crippen LogP contribution in [-0.4, -0.2) is 29.6 Å². The number of ether oxygens (including phenoxy) is 2. The summed E-state index contributed by atoms with van der Waals surface area (Å²) in [4.78, 5) is 27.6. The van der Waals surface area contributed by atoms with Crippen LogP contribution in [0.5, 0.6) is 5.75 Å². The van der Waals surface area contributed by atoms with Gasteiger partial charge in [-0.25, -0.2) is 14.2 Å². The third-order valence-electron chi connectivity index (χ3n) is 2.88. The summed E-state index contributed by atoms with van der Waals surface area (Å²) in [6, 6.07) is 6.70. The predicted octanol–water partition coefficient (Wildman–Crippen LogP) is 3.48. The number of carbonyl (C=O) groups is 2. The van der Waals surface area contributed by atoms with E-state index in [1.807, 2.05) is 0 Å². The van der Waals surface area contributed by atoms with Gasteiger partial charge >= 0.3 is 5.97 Å². The number of benzene rings is 1. The fourth-order valence-electron chi connectivity index (χ4n) is 1.71. The molecule has 6 nitrogen and oxygen atoms in total.